The Hall–Kier alpha value is -4.28. The molecular formula is C32H35N7O3. The summed E-state index contributed by atoms with van der Waals surface area (Å²) in [6.45, 7) is 7.07. The summed E-state index contributed by atoms with van der Waals surface area (Å²) in [4.78, 5) is 24.5. The zero-order valence-electron chi connectivity index (χ0n) is 23.9. The minimum atomic E-state index is -0.456. The molecule has 3 fully saturated rings. The van der Waals surface area contributed by atoms with E-state index < -0.39 is 5.54 Å². The van der Waals surface area contributed by atoms with Crippen molar-refractivity contribution < 1.29 is 14.4 Å². The fourth-order valence-electron chi connectivity index (χ4n) is 6.53. The third kappa shape index (κ3) is 4.70. The summed E-state index contributed by atoms with van der Waals surface area (Å²) in [5.74, 6) is 1.71. The molecular weight excluding hydrogens is 530 g/mol. The van der Waals surface area contributed by atoms with Gasteiger partial charge in [-0.3, -0.25) is 4.79 Å². The van der Waals surface area contributed by atoms with Crippen LogP contribution >= 0.6 is 0 Å². The Labute approximate surface area is 244 Å². The molecule has 4 aromatic rings. The van der Waals surface area contributed by atoms with Crippen molar-refractivity contribution in [2.75, 3.05) is 36.9 Å². The van der Waals surface area contributed by atoms with Crippen LogP contribution in [0.5, 0.6) is 0 Å². The van der Waals surface area contributed by atoms with Crippen LogP contribution in [0.1, 0.15) is 66.5 Å². The van der Waals surface area contributed by atoms with Gasteiger partial charge in [0.2, 0.25) is 0 Å². The summed E-state index contributed by atoms with van der Waals surface area (Å²) in [5, 5.41) is 24.7. The molecule has 3 saturated heterocycles. The summed E-state index contributed by atoms with van der Waals surface area (Å²) < 4.78 is 5.87. The van der Waals surface area contributed by atoms with Crippen molar-refractivity contribution in [2.24, 2.45) is 0 Å². The van der Waals surface area contributed by atoms with E-state index in [1.165, 1.54) is 0 Å². The molecule has 2 bridgehead atoms. The van der Waals surface area contributed by atoms with Crippen molar-refractivity contribution in [3.63, 3.8) is 0 Å². The number of hydrogen-bond acceptors (Lipinski definition) is 9. The highest BCUT2D eigenvalue weighted by Crippen LogP contribution is 2.43. The number of piperidine rings is 3. The molecule has 4 aliphatic rings. The summed E-state index contributed by atoms with van der Waals surface area (Å²) in [7, 11) is 0. The van der Waals surface area contributed by atoms with Crippen LogP contribution in [0.4, 0.5) is 17.2 Å². The lowest BCUT2D eigenvalue weighted by molar-refractivity contribution is 0.0747. The van der Waals surface area contributed by atoms with Gasteiger partial charge in [0.25, 0.3) is 11.8 Å². The molecule has 4 aliphatic heterocycles. The van der Waals surface area contributed by atoms with Gasteiger partial charge in [-0.05, 0) is 82.1 Å². The monoisotopic (exact) mass is 565 g/mol. The molecule has 2 aromatic carbocycles. The van der Waals surface area contributed by atoms with Crippen LogP contribution in [-0.4, -0.2) is 57.3 Å². The van der Waals surface area contributed by atoms with Crippen LogP contribution in [0.3, 0.4) is 0 Å². The fourth-order valence-corrected chi connectivity index (χ4v) is 6.53. The number of aliphatic hydroxyl groups excluding tert-OH is 1. The number of pyridine rings is 1. The number of rotatable bonds is 8. The highest BCUT2D eigenvalue weighted by atomic mass is 16.5. The van der Waals surface area contributed by atoms with Gasteiger partial charge in [0.05, 0.1) is 29.4 Å². The van der Waals surface area contributed by atoms with E-state index in [2.05, 4.69) is 26.0 Å². The van der Waals surface area contributed by atoms with E-state index in [1.807, 2.05) is 68.4 Å². The van der Waals surface area contributed by atoms with Crippen LogP contribution in [0, 0.1) is 0 Å². The second-order valence-corrected chi connectivity index (χ2v) is 12.2. The van der Waals surface area contributed by atoms with E-state index in [-0.39, 0.29) is 24.0 Å². The van der Waals surface area contributed by atoms with Gasteiger partial charge in [-0.25, -0.2) is 4.98 Å². The standard InChI is InChI=1S/C32H35N7O3/c1-31(2)24-16-21(8-9-22(24)28(41)37-31)34-27-17-25(35-26(19-40)20-6-4-3-5-7-20)23(18-33-27)29-36-30(38-42-29)32-10-13-39(14-11-32)15-12-32/h3-9,16-18,26,40H,10-15,19H2,1-2H3,(H,37,41)(H2,33,34,35)/t26-/m1/s1. The number of amides is 1. The topological polar surface area (TPSA) is 128 Å². The predicted molar refractivity (Wildman–Crippen MR) is 160 cm³/mol. The molecule has 1 atom stereocenters. The van der Waals surface area contributed by atoms with E-state index in [9.17, 15) is 9.90 Å². The molecule has 42 heavy (non-hydrogen) atoms. The van der Waals surface area contributed by atoms with Crippen LogP contribution in [-0.2, 0) is 11.0 Å². The minimum absolute atomic E-state index is 0.0335. The molecule has 2 aromatic heterocycles. The second-order valence-electron chi connectivity index (χ2n) is 12.2. The average Bonchev–Trinajstić information content (AvgIpc) is 3.60. The Kier molecular flexibility index (Phi) is 6.47. The van der Waals surface area contributed by atoms with Gasteiger partial charge in [-0.2, -0.15) is 4.98 Å². The van der Waals surface area contributed by atoms with Crippen molar-refractivity contribution in [1.82, 2.24) is 25.3 Å². The molecule has 8 rings (SSSR count). The number of fused-ring (bicyclic) bond motifs is 4. The van der Waals surface area contributed by atoms with Crippen LogP contribution in [0.15, 0.2) is 65.3 Å². The SMILES string of the molecule is CC1(C)NC(=O)c2ccc(Nc3cc(N[C@H](CO)c4ccccc4)c(-c4nc(C56CCN(CC5)CC6)no4)cn3)cc21. The molecule has 10 heteroatoms. The molecule has 1 amide bonds. The number of nitrogens with one attached hydrogen (secondary N) is 3. The Balaban J connectivity index is 1.23. The van der Waals surface area contributed by atoms with Crippen molar-refractivity contribution in [1.29, 1.82) is 0 Å². The Morgan fingerprint density at radius 3 is 2.55 bits per heavy atom. The Morgan fingerprint density at radius 1 is 1.05 bits per heavy atom. The third-order valence-electron chi connectivity index (χ3n) is 9.10. The molecule has 0 unspecified atom stereocenters. The Morgan fingerprint density at radius 2 is 1.81 bits per heavy atom. The highest BCUT2D eigenvalue weighted by molar-refractivity contribution is 6.00. The molecule has 0 saturated carbocycles. The van der Waals surface area contributed by atoms with Crippen molar-refractivity contribution in [3.05, 3.63) is 83.3 Å². The third-order valence-corrected chi connectivity index (χ3v) is 9.10. The maximum absolute atomic E-state index is 12.4. The van der Waals surface area contributed by atoms with Gasteiger partial charge in [0, 0.05) is 28.9 Å². The summed E-state index contributed by atoms with van der Waals surface area (Å²) in [6.07, 6.45) is 4.84. The fraction of sp³-hybridized carbons (Fsp3) is 0.375. The first-order valence-corrected chi connectivity index (χ1v) is 14.6. The van der Waals surface area contributed by atoms with E-state index in [0.29, 0.717) is 28.5 Å². The van der Waals surface area contributed by atoms with E-state index in [4.69, 9.17) is 14.5 Å². The quantitative estimate of drug-likeness (QED) is 0.240. The van der Waals surface area contributed by atoms with Gasteiger partial charge in [-0.1, -0.05) is 35.5 Å². The lowest BCUT2D eigenvalue weighted by Gasteiger charge is -2.46. The minimum Gasteiger partial charge on any atom is -0.394 e. The highest BCUT2D eigenvalue weighted by Gasteiger charge is 2.44. The van der Waals surface area contributed by atoms with Crippen molar-refractivity contribution in [2.45, 2.75) is 50.1 Å². The largest absolute Gasteiger partial charge is 0.394 e. The summed E-state index contributed by atoms with van der Waals surface area (Å²) in [6, 6.07) is 17.0. The lowest BCUT2D eigenvalue weighted by atomic mass is 9.71. The summed E-state index contributed by atoms with van der Waals surface area (Å²) in [5.41, 5.74) is 4.27. The smallest absolute Gasteiger partial charge is 0.261 e. The van der Waals surface area contributed by atoms with Gasteiger partial charge in [0.15, 0.2) is 5.82 Å². The number of carbonyl (C=O) groups is 1. The predicted octanol–water partition coefficient (Wildman–Crippen LogP) is 4.74. The van der Waals surface area contributed by atoms with Gasteiger partial charge >= 0.3 is 0 Å². The van der Waals surface area contributed by atoms with Crippen LogP contribution in [0.2, 0.25) is 0 Å². The normalized spacial score (nSPS) is 22.8. The van der Waals surface area contributed by atoms with Gasteiger partial charge in [-0.15, -0.1) is 0 Å². The first kappa shape index (κ1) is 26.6. The average molecular weight is 566 g/mol. The maximum atomic E-state index is 12.4. The number of hydrogen-bond donors (Lipinski definition) is 4. The Bertz CT molecular complexity index is 1610. The summed E-state index contributed by atoms with van der Waals surface area (Å²) >= 11 is 0. The number of aromatic nitrogens is 3. The van der Waals surface area contributed by atoms with E-state index >= 15 is 0 Å². The number of nitrogens with zero attached hydrogens (tertiary/aromatic N) is 4. The molecule has 0 spiro atoms. The van der Waals surface area contributed by atoms with Crippen molar-refractivity contribution in [3.8, 4) is 11.5 Å². The molecule has 0 radical (unpaired) electrons. The van der Waals surface area contributed by atoms with E-state index in [0.717, 1.165) is 61.5 Å². The van der Waals surface area contributed by atoms with Crippen LogP contribution < -0.4 is 16.0 Å². The molecule has 10 nitrogen and oxygen atoms in total. The number of carbonyl (C=O) groups excluding carboxylic acids is 1. The molecule has 4 N–H and O–H groups in total. The van der Waals surface area contributed by atoms with Crippen LogP contribution in [0.25, 0.3) is 11.5 Å². The zero-order valence-corrected chi connectivity index (χ0v) is 23.9. The zero-order chi connectivity index (χ0) is 28.9. The molecule has 0 aliphatic carbocycles. The number of aliphatic hydroxyl groups is 1. The number of anilines is 3. The second kappa shape index (κ2) is 10.2. The first-order valence-electron chi connectivity index (χ1n) is 14.6. The maximum Gasteiger partial charge on any atom is 0.261 e. The van der Waals surface area contributed by atoms with Gasteiger partial charge < -0.3 is 30.5 Å². The molecule has 216 valence electrons. The molecule has 6 heterocycles. The van der Waals surface area contributed by atoms with E-state index in [1.54, 1.807) is 6.20 Å². The lowest BCUT2D eigenvalue weighted by Crippen LogP contribution is -2.51. The van der Waals surface area contributed by atoms with Gasteiger partial charge in [0.1, 0.15) is 5.82 Å². The van der Waals surface area contributed by atoms with Crippen molar-refractivity contribution >= 4 is 23.1 Å². The first-order chi connectivity index (χ1) is 20.3. The number of benzene rings is 2.